The normalized spacial score (nSPS) is 19.4. The molecule has 1 fully saturated rings. The molecule has 2 unspecified atom stereocenters. The van der Waals surface area contributed by atoms with Crippen LogP contribution in [0, 0.1) is 0 Å². The Morgan fingerprint density at radius 3 is 1.62 bits per heavy atom. The summed E-state index contributed by atoms with van der Waals surface area (Å²) in [4.78, 5) is 24.1. The average molecular weight is 567 g/mol. The Bertz CT molecular complexity index is 911. The Kier molecular flexibility index (Phi) is 15.8. The highest BCUT2D eigenvalue weighted by Crippen LogP contribution is 2.53. The highest BCUT2D eigenvalue weighted by molar-refractivity contribution is 7.36. The van der Waals surface area contributed by atoms with Crippen molar-refractivity contribution in [1.82, 2.24) is 0 Å². The Labute approximate surface area is 247 Å². The maximum absolute atomic E-state index is 12.1. The lowest BCUT2D eigenvalue weighted by molar-refractivity contribution is -0.329. The zero-order valence-corrected chi connectivity index (χ0v) is 26.4. The fraction of sp³-hybridized carbons (Fsp3) is 0.667. The second-order valence-electron chi connectivity index (χ2n) is 12.2. The third-order valence-corrected chi connectivity index (χ3v) is 9.53. The number of aryl methyl sites for hydroxylation is 2. The molecule has 4 heteroatoms. The Balaban J connectivity index is 1.63. The van der Waals surface area contributed by atoms with Crippen molar-refractivity contribution in [3.8, 4) is 0 Å². The van der Waals surface area contributed by atoms with Gasteiger partial charge in [0.15, 0.2) is 0 Å². The van der Waals surface area contributed by atoms with E-state index in [2.05, 4.69) is 62.4 Å². The van der Waals surface area contributed by atoms with Crippen LogP contribution in [0.1, 0.15) is 158 Å². The van der Waals surface area contributed by atoms with Gasteiger partial charge in [-0.3, -0.25) is 0 Å². The molecule has 2 aromatic rings. The predicted octanol–water partition coefficient (Wildman–Crippen LogP) is 9.79. The van der Waals surface area contributed by atoms with Gasteiger partial charge < -0.3 is 14.3 Å². The molecule has 224 valence electrons. The van der Waals surface area contributed by atoms with Crippen LogP contribution in [0.2, 0.25) is 0 Å². The van der Waals surface area contributed by atoms with Gasteiger partial charge in [-0.05, 0) is 60.8 Å². The monoisotopic (exact) mass is 566 g/mol. The quantitative estimate of drug-likeness (QED) is 0.118. The third-order valence-electron chi connectivity index (χ3n) is 9.05. The molecule has 40 heavy (non-hydrogen) atoms. The van der Waals surface area contributed by atoms with Crippen LogP contribution in [0.3, 0.4) is 0 Å². The van der Waals surface area contributed by atoms with E-state index in [4.69, 9.17) is 4.52 Å². The first-order valence-corrected chi connectivity index (χ1v) is 17.7. The minimum Gasteiger partial charge on any atom is -0.820 e. The molecule has 0 spiro atoms. The Hall–Kier alpha value is -1.25. The van der Waals surface area contributed by atoms with Gasteiger partial charge in [0.05, 0.1) is 0 Å². The molecule has 0 aromatic heterocycles. The molecule has 0 amide bonds. The lowest BCUT2D eigenvalue weighted by Gasteiger charge is -2.50. The summed E-state index contributed by atoms with van der Waals surface area (Å²) in [5.41, 5.74) is 4.11. The van der Waals surface area contributed by atoms with Crippen LogP contribution in [-0.2, 0) is 23.0 Å². The fourth-order valence-electron chi connectivity index (χ4n) is 6.66. The van der Waals surface area contributed by atoms with Gasteiger partial charge in [-0.15, -0.1) is 0 Å². The lowest BCUT2D eigenvalue weighted by atomic mass is 9.68. The van der Waals surface area contributed by atoms with E-state index < -0.39 is 14.2 Å². The smallest absolute Gasteiger partial charge is 0.101 e. The largest absolute Gasteiger partial charge is 0.820 e. The van der Waals surface area contributed by atoms with Crippen molar-refractivity contribution < 1.29 is 14.3 Å². The standard InChI is InChI=1S/C36H55O3P/c1-3-5-7-9-11-13-15-19-31-22-26-33(27-23-31)35-21-17-18-30-36(35,39-40(37)38)34-28-24-32(25-29-34)20-16-14-12-10-8-6-4-2/h22-29,35H,3-21,30H2,1-2H3/q-2. The maximum atomic E-state index is 12.1. The molecule has 0 aliphatic heterocycles. The van der Waals surface area contributed by atoms with E-state index in [1.165, 1.54) is 107 Å². The first-order chi connectivity index (χ1) is 19.6. The first-order valence-electron chi connectivity index (χ1n) is 16.6. The number of hydrogen-bond donors (Lipinski definition) is 0. The van der Waals surface area contributed by atoms with Crippen LogP contribution in [0.25, 0.3) is 0 Å². The van der Waals surface area contributed by atoms with Crippen LogP contribution >= 0.6 is 8.60 Å². The number of rotatable bonds is 20. The SMILES string of the molecule is CCCCCCCCCc1ccc(C2CCCCC2(OP([O-])[O-])c2ccc(CCCCCCCCC)cc2)cc1. The summed E-state index contributed by atoms with van der Waals surface area (Å²) in [6.07, 6.45) is 24.4. The molecule has 0 radical (unpaired) electrons. The fourth-order valence-corrected chi connectivity index (χ4v) is 7.25. The second kappa shape index (κ2) is 19.0. The third kappa shape index (κ3) is 10.9. The first kappa shape index (κ1) is 33.3. The summed E-state index contributed by atoms with van der Waals surface area (Å²) >= 11 is 0. The van der Waals surface area contributed by atoms with Gasteiger partial charge in [0.1, 0.15) is 5.60 Å². The molecule has 1 saturated carbocycles. The zero-order valence-electron chi connectivity index (χ0n) is 25.5. The zero-order chi connectivity index (χ0) is 28.5. The van der Waals surface area contributed by atoms with Crippen molar-refractivity contribution in [2.24, 2.45) is 0 Å². The molecule has 0 heterocycles. The molecule has 3 nitrogen and oxygen atoms in total. The average Bonchev–Trinajstić information content (AvgIpc) is 2.97. The van der Waals surface area contributed by atoms with E-state index in [9.17, 15) is 9.79 Å². The van der Waals surface area contributed by atoms with Crippen molar-refractivity contribution in [2.45, 2.75) is 154 Å². The van der Waals surface area contributed by atoms with E-state index in [-0.39, 0.29) is 5.92 Å². The van der Waals surface area contributed by atoms with Crippen molar-refractivity contribution in [3.05, 3.63) is 70.8 Å². The summed E-state index contributed by atoms with van der Waals surface area (Å²) in [7, 11) is -2.96. The molecule has 1 aliphatic rings. The number of unbranched alkanes of at least 4 members (excludes halogenated alkanes) is 12. The minimum absolute atomic E-state index is 0.0377. The molecular formula is C36H55O3P-2. The van der Waals surface area contributed by atoms with Gasteiger partial charge in [0, 0.05) is 5.92 Å². The molecule has 1 aliphatic carbocycles. The highest BCUT2D eigenvalue weighted by Gasteiger charge is 2.43. The van der Waals surface area contributed by atoms with Gasteiger partial charge in [-0.2, -0.15) is 8.60 Å². The predicted molar refractivity (Wildman–Crippen MR) is 167 cm³/mol. The lowest BCUT2D eigenvalue weighted by Crippen LogP contribution is -2.40. The van der Waals surface area contributed by atoms with Gasteiger partial charge in [0.25, 0.3) is 0 Å². The van der Waals surface area contributed by atoms with Crippen molar-refractivity contribution >= 4 is 8.60 Å². The summed E-state index contributed by atoms with van der Waals surface area (Å²) in [6.45, 7) is 4.53. The van der Waals surface area contributed by atoms with Crippen LogP contribution in [-0.4, -0.2) is 0 Å². The number of benzene rings is 2. The second-order valence-corrected chi connectivity index (χ2v) is 12.8. The van der Waals surface area contributed by atoms with Crippen molar-refractivity contribution in [3.63, 3.8) is 0 Å². The minimum atomic E-state index is -2.96. The van der Waals surface area contributed by atoms with Crippen LogP contribution in [0.5, 0.6) is 0 Å². The maximum Gasteiger partial charge on any atom is 0.101 e. The van der Waals surface area contributed by atoms with Crippen LogP contribution < -0.4 is 9.79 Å². The van der Waals surface area contributed by atoms with Gasteiger partial charge in [-0.1, -0.05) is 152 Å². The molecule has 2 aromatic carbocycles. The Morgan fingerprint density at radius 2 is 1.12 bits per heavy atom. The van der Waals surface area contributed by atoms with Gasteiger partial charge >= 0.3 is 0 Å². The summed E-state index contributed by atoms with van der Waals surface area (Å²) in [5.74, 6) is 0.0377. The van der Waals surface area contributed by atoms with E-state index in [1.807, 2.05) is 0 Å². The van der Waals surface area contributed by atoms with E-state index in [0.717, 1.165) is 44.1 Å². The molecule has 0 saturated heterocycles. The van der Waals surface area contributed by atoms with Crippen molar-refractivity contribution in [2.75, 3.05) is 0 Å². The van der Waals surface area contributed by atoms with E-state index in [1.54, 1.807) is 0 Å². The molecular weight excluding hydrogens is 511 g/mol. The molecule has 3 rings (SSSR count). The Morgan fingerprint density at radius 1 is 0.650 bits per heavy atom. The van der Waals surface area contributed by atoms with E-state index in [0.29, 0.717) is 0 Å². The van der Waals surface area contributed by atoms with Crippen LogP contribution in [0.15, 0.2) is 48.5 Å². The summed E-state index contributed by atoms with van der Waals surface area (Å²) in [6, 6.07) is 17.7. The number of hydrogen-bond acceptors (Lipinski definition) is 3. The van der Waals surface area contributed by atoms with E-state index >= 15 is 0 Å². The molecule has 0 N–H and O–H groups in total. The van der Waals surface area contributed by atoms with Gasteiger partial charge in [-0.25, -0.2) is 0 Å². The summed E-state index contributed by atoms with van der Waals surface area (Å²) < 4.78 is 5.92. The molecule has 0 bridgehead atoms. The summed E-state index contributed by atoms with van der Waals surface area (Å²) in [5, 5.41) is 0. The van der Waals surface area contributed by atoms with Gasteiger partial charge in [0.2, 0.25) is 0 Å². The van der Waals surface area contributed by atoms with Crippen LogP contribution in [0.4, 0.5) is 0 Å². The molecule has 2 atom stereocenters. The van der Waals surface area contributed by atoms with Crippen molar-refractivity contribution in [1.29, 1.82) is 0 Å². The highest BCUT2D eigenvalue weighted by atomic mass is 31.2. The topological polar surface area (TPSA) is 55.3 Å².